The first-order chi connectivity index (χ1) is 11.2. The fraction of sp³-hybridized carbons (Fsp3) is 0.474. The molecule has 1 fully saturated rings. The van der Waals surface area contributed by atoms with Gasteiger partial charge in [0.25, 0.3) is 0 Å². The monoisotopic (exact) mass is 314 g/mol. The molecule has 2 aliphatic rings. The minimum absolute atomic E-state index is 0.103. The smallest absolute Gasteiger partial charge is 0.316 e. The van der Waals surface area contributed by atoms with E-state index >= 15 is 0 Å². The van der Waals surface area contributed by atoms with Crippen LogP contribution in [0.5, 0.6) is 0 Å². The number of carbonyl (C=O) groups excluding carboxylic acids is 2. The number of allylic oxidation sites excluding steroid dienone is 1. The summed E-state index contributed by atoms with van der Waals surface area (Å²) in [7, 11) is 0. The van der Waals surface area contributed by atoms with Crippen molar-refractivity contribution < 1.29 is 19.1 Å². The lowest BCUT2D eigenvalue weighted by Gasteiger charge is -2.29. The van der Waals surface area contributed by atoms with Crippen molar-refractivity contribution >= 4 is 11.9 Å². The summed E-state index contributed by atoms with van der Waals surface area (Å²) < 4.78 is 10.8. The lowest BCUT2D eigenvalue weighted by molar-refractivity contribution is -0.153. The van der Waals surface area contributed by atoms with Crippen LogP contribution in [0.3, 0.4) is 0 Å². The van der Waals surface area contributed by atoms with Crippen molar-refractivity contribution in [3.05, 3.63) is 47.5 Å². The van der Waals surface area contributed by atoms with Crippen LogP contribution in [0.25, 0.3) is 0 Å². The van der Waals surface area contributed by atoms with Gasteiger partial charge in [-0.1, -0.05) is 43.3 Å². The fourth-order valence-corrected chi connectivity index (χ4v) is 3.59. The molecule has 0 radical (unpaired) electrons. The number of rotatable bonds is 5. The Labute approximate surface area is 136 Å². The SMILES string of the molecule is CC[C@]12CCCC=C1C(CC(=O)OCc1ccccc1)OC2=O. The maximum absolute atomic E-state index is 12.3. The molecule has 1 heterocycles. The summed E-state index contributed by atoms with van der Waals surface area (Å²) in [4.78, 5) is 24.4. The largest absolute Gasteiger partial charge is 0.461 e. The highest BCUT2D eigenvalue weighted by atomic mass is 16.6. The van der Waals surface area contributed by atoms with Crippen LogP contribution in [0, 0.1) is 5.41 Å². The van der Waals surface area contributed by atoms with Gasteiger partial charge in [0.1, 0.15) is 12.7 Å². The summed E-state index contributed by atoms with van der Waals surface area (Å²) >= 11 is 0. The zero-order valence-corrected chi connectivity index (χ0v) is 13.4. The van der Waals surface area contributed by atoms with Gasteiger partial charge in [-0.25, -0.2) is 0 Å². The molecule has 0 bridgehead atoms. The first kappa shape index (κ1) is 15.8. The second kappa shape index (κ2) is 6.57. The third kappa shape index (κ3) is 3.03. The summed E-state index contributed by atoms with van der Waals surface area (Å²) in [5.41, 5.74) is 1.44. The minimum Gasteiger partial charge on any atom is -0.461 e. The fourth-order valence-electron chi connectivity index (χ4n) is 3.59. The van der Waals surface area contributed by atoms with Gasteiger partial charge in [-0.15, -0.1) is 0 Å². The third-order valence-electron chi connectivity index (χ3n) is 4.91. The van der Waals surface area contributed by atoms with Crippen molar-refractivity contribution in [2.45, 2.75) is 51.7 Å². The Morgan fingerprint density at radius 2 is 2.13 bits per heavy atom. The highest BCUT2D eigenvalue weighted by Crippen LogP contribution is 2.49. The molecule has 0 spiro atoms. The van der Waals surface area contributed by atoms with Crippen LogP contribution in [0.2, 0.25) is 0 Å². The second-order valence-electron chi connectivity index (χ2n) is 6.23. The molecular formula is C19H22O4. The molecule has 4 heteroatoms. The number of hydrogen-bond acceptors (Lipinski definition) is 4. The Hall–Kier alpha value is -2.10. The molecule has 1 aliphatic carbocycles. The first-order valence-corrected chi connectivity index (χ1v) is 8.27. The van der Waals surface area contributed by atoms with Crippen LogP contribution in [0.1, 0.15) is 44.6 Å². The van der Waals surface area contributed by atoms with Crippen molar-refractivity contribution in [2.24, 2.45) is 5.41 Å². The van der Waals surface area contributed by atoms with Crippen molar-refractivity contribution in [2.75, 3.05) is 0 Å². The molecule has 0 aromatic heterocycles. The Morgan fingerprint density at radius 1 is 1.35 bits per heavy atom. The average Bonchev–Trinajstić information content (AvgIpc) is 2.87. The van der Waals surface area contributed by atoms with Crippen LogP contribution in [-0.2, 0) is 25.7 Å². The lowest BCUT2D eigenvalue weighted by Crippen LogP contribution is -2.30. The molecule has 2 atom stereocenters. The molecule has 23 heavy (non-hydrogen) atoms. The van der Waals surface area contributed by atoms with Gasteiger partial charge in [0.2, 0.25) is 0 Å². The zero-order valence-electron chi connectivity index (χ0n) is 13.4. The number of esters is 2. The zero-order chi connectivity index (χ0) is 16.3. The first-order valence-electron chi connectivity index (χ1n) is 8.27. The molecule has 0 N–H and O–H groups in total. The van der Waals surface area contributed by atoms with Crippen LogP contribution in [0.15, 0.2) is 42.0 Å². The standard InChI is InChI=1S/C19H22O4/c1-2-19-11-7-6-10-15(19)16(23-18(19)21)12-17(20)22-13-14-8-4-3-5-9-14/h3-5,8-10,16H,2,6-7,11-13H2,1H3/t16?,19-/m0/s1. The van der Waals surface area contributed by atoms with E-state index in [0.717, 1.165) is 36.8 Å². The van der Waals surface area contributed by atoms with E-state index in [1.807, 2.05) is 37.3 Å². The van der Waals surface area contributed by atoms with Gasteiger partial charge in [-0.05, 0) is 36.8 Å². The molecule has 1 aliphatic heterocycles. The normalized spacial score (nSPS) is 26.2. The van der Waals surface area contributed by atoms with Gasteiger partial charge < -0.3 is 9.47 Å². The highest BCUT2D eigenvalue weighted by Gasteiger charge is 2.52. The number of cyclic esters (lactones) is 1. The number of benzene rings is 1. The summed E-state index contributed by atoms with van der Waals surface area (Å²) in [5.74, 6) is -0.503. The Bertz CT molecular complexity index is 620. The van der Waals surface area contributed by atoms with E-state index in [4.69, 9.17) is 9.47 Å². The van der Waals surface area contributed by atoms with Gasteiger partial charge in [0.05, 0.1) is 11.8 Å². The van der Waals surface area contributed by atoms with Gasteiger partial charge in [0, 0.05) is 0 Å². The number of fused-ring (bicyclic) bond motifs is 1. The number of carbonyl (C=O) groups is 2. The van der Waals surface area contributed by atoms with E-state index in [1.54, 1.807) is 0 Å². The van der Waals surface area contributed by atoms with E-state index in [1.165, 1.54) is 0 Å². The Morgan fingerprint density at radius 3 is 2.87 bits per heavy atom. The van der Waals surface area contributed by atoms with Crippen LogP contribution < -0.4 is 0 Å². The van der Waals surface area contributed by atoms with Gasteiger partial charge in [0.15, 0.2) is 0 Å². The lowest BCUT2D eigenvalue weighted by atomic mass is 9.70. The van der Waals surface area contributed by atoms with Crippen LogP contribution >= 0.6 is 0 Å². The van der Waals surface area contributed by atoms with Crippen LogP contribution in [0.4, 0.5) is 0 Å². The summed E-state index contributed by atoms with van der Waals surface area (Å²) in [6.45, 7) is 2.26. The van der Waals surface area contributed by atoms with E-state index in [9.17, 15) is 9.59 Å². The minimum atomic E-state index is -0.497. The predicted octanol–water partition coefficient (Wildman–Crippen LogP) is 3.55. The van der Waals surface area contributed by atoms with Crippen molar-refractivity contribution in [1.82, 2.24) is 0 Å². The highest BCUT2D eigenvalue weighted by molar-refractivity contribution is 5.86. The van der Waals surface area contributed by atoms with Gasteiger partial charge in [-0.2, -0.15) is 0 Å². The summed E-state index contributed by atoms with van der Waals surface area (Å²) in [6.07, 6.45) is 5.24. The average molecular weight is 314 g/mol. The third-order valence-corrected chi connectivity index (χ3v) is 4.91. The molecule has 122 valence electrons. The van der Waals surface area contributed by atoms with Crippen molar-refractivity contribution in [1.29, 1.82) is 0 Å². The number of ether oxygens (including phenoxy) is 2. The molecule has 1 aromatic carbocycles. The van der Waals surface area contributed by atoms with E-state index in [2.05, 4.69) is 6.08 Å². The van der Waals surface area contributed by atoms with Crippen molar-refractivity contribution in [3.8, 4) is 0 Å². The maximum Gasteiger partial charge on any atom is 0.316 e. The summed E-state index contributed by atoms with van der Waals surface area (Å²) in [5, 5.41) is 0. The van der Waals surface area contributed by atoms with E-state index in [0.29, 0.717) is 0 Å². The van der Waals surface area contributed by atoms with E-state index in [-0.39, 0.29) is 25.0 Å². The molecule has 1 saturated heterocycles. The molecule has 0 amide bonds. The quantitative estimate of drug-likeness (QED) is 0.616. The maximum atomic E-state index is 12.3. The molecule has 4 nitrogen and oxygen atoms in total. The molecule has 1 aromatic rings. The topological polar surface area (TPSA) is 52.6 Å². The molecule has 0 saturated carbocycles. The summed E-state index contributed by atoms with van der Waals surface area (Å²) in [6, 6.07) is 9.56. The molecule has 1 unspecified atom stereocenters. The van der Waals surface area contributed by atoms with E-state index < -0.39 is 11.5 Å². The van der Waals surface area contributed by atoms with Gasteiger partial charge >= 0.3 is 11.9 Å². The Balaban J connectivity index is 1.63. The van der Waals surface area contributed by atoms with Gasteiger partial charge in [-0.3, -0.25) is 9.59 Å². The van der Waals surface area contributed by atoms with Crippen molar-refractivity contribution in [3.63, 3.8) is 0 Å². The molecule has 3 rings (SSSR count). The predicted molar refractivity (Wildman–Crippen MR) is 85.4 cm³/mol. The molecular weight excluding hydrogens is 292 g/mol. The number of hydrogen-bond donors (Lipinski definition) is 0. The second-order valence-corrected chi connectivity index (χ2v) is 6.23. The van der Waals surface area contributed by atoms with Crippen LogP contribution in [-0.4, -0.2) is 18.0 Å². The Kier molecular flexibility index (Phi) is 4.51.